The molecule has 1 aromatic heterocycles. The van der Waals surface area contributed by atoms with E-state index in [0.717, 1.165) is 30.6 Å². The molecule has 1 aliphatic heterocycles. The number of rotatable bonds is 3. The quantitative estimate of drug-likeness (QED) is 0.846. The van der Waals surface area contributed by atoms with Gasteiger partial charge in [0.25, 0.3) is 0 Å². The van der Waals surface area contributed by atoms with Crippen LogP contribution in [-0.2, 0) is 13.0 Å². The van der Waals surface area contributed by atoms with Crippen molar-refractivity contribution in [1.29, 1.82) is 0 Å². The first-order chi connectivity index (χ1) is 7.69. The zero-order valence-electron chi connectivity index (χ0n) is 10.7. The highest BCUT2D eigenvalue weighted by molar-refractivity contribution is 5.10. The number of hydrogen-bond acceptors (Lipinski definition) is 2. The minimum Gasteiger partial charge on any atom is -0.316 e. The Bertz CT molecular complexity index is 343. The van der Waals surface area contributed by atoms with Crippen LogP contribution in [0.1, 0.15) is 31.7 Å². The van der Waals surface area contributed by atoms with Crippen molar-refractivity contribution >= 4 is 0 Å². The summed E-state index contributed by atoms with van der Waals surface area (Å²) in [5.41, 5.74) is 2.55. The van der Waals surface area contributed by atoms with E-state index in [1.54, 1.807) is 0 Å². The average Bonchev–Trinajstić information content (AvgIpc) is 2.59. The maximum absolute atomic E-state index is 4.51. The zero-order chi connectivity index (χ0) is 11.5. The standard InChI is InChI=1S/C13H23N3/c1-4-16-13(6-11(3)15-16)7-12-5-10(2)8-14-9-12/h6,10,12,14H,4-5,7-9H2,1-3H3. The second-order valence-corrected chi connectivity index (χ2v) is 5.16. The molecule has 16 heavy (non-hydrogen) atoms. The van der Waals surface area contributed by atoms with Gasteiger partial charge >= 0.3 is 0 Å². The number of aromatic nitrogens is 2. The van der Waals surface area contributed by atoms with Crippen LogP contribution in [0.4, 0.5) is 0 Å². The SMILES string of the molecule is CCn1nc(C)cc1CC1CNCC(C)C1. The van der Waals surface area contributed by atoms with E-state index in [0.29, 0.717) is 0 Å². The highest BCUT2D eigenvalue weighted by Crippen LogP contribution is 2.20. The van der Waals surface area contributed by atoms with Crippen LogP contribution in [0.15, 0.2) is 6.07 Å². The molecular weight excluding hydrogens is 198 g/mol. The fourth-order valence-electron chi connectivity index (χ4n) is 2.76. The summed E-state index contributed by atoms with van der Waals surface area (Å²) in [5, 5.41) is 8.03. The van der Waals surface area contributed by atoms with Crippen molar-refractivity contribution in [3.05, 3.63) is 17.5 Å². The Kier molecular flexibility index (Phi) is 3.64. The van der Waals surface area contributed by atoms with Crippen molar-refractivity contribution in [3.63, 3.8) is 0 Å². The fraction of sp³-hybridized carbons (Fsp3) is 0.769. The van der Waals surface area contributed by atoms with Crippen LogP contribution in [0, 0.1) is 18.8 Å². The summed E-state index contributed by atoms with van der Waals surface area (Å²) < 4.78 is 2.15. The molecule has 1 aromatic rings. The number of hydrogen-bond donors (Lipinski definition) is 1. The van der Waals surface area contributed by atoms with Crippen LogP contribution in [0.3, 0.4) is 0 Å². The maximum atomic E-state index is 4.51. The summed E-state index contributed by atoms with van der Waals surface area (Å²) in [7, 11) is 0. The fourth-order valence-corrected chi connectivity index (χ4v) is 2.76. The Labute approximate surface area is 98.2 Å². The van der Waals surface area contributed by atoms with Gasteiger partial charge in [-0.05, 0) is 57.7 Å². The summed E-state index contributed by atoms with van der Waals surface area (Å²) in [6.07, 6.45) is 2.52. The average molecular weight is 221 g/mol. The van der Waals surface area contributed by atoms with E-state index in [9.17, 15) is 0 Å². The third-order valence-electron chi connectivity index (χ3n) is 3.44. The Hall–Kier alpha value is -0.830. The van der Waals surface area contributed by atoms with E-state index in [2.05, 4.69) is 41.9 Å². The van der Waals surface area contributed by atoms with Crippen molar-refractivity contribution < 1.29 is 0 Å². The monoisotopic (exact) mass is 221 g/mol. The molecule has 2 rings (SSSR count). The molecule has 90 valence electrons. The molecule has 3 nitrogen and oxygen atoms in total. The molecule has 0 saturated carbocycles. The molecular formula is C13H23N3. The van der Waals surface area contributed by atoms with Crippen LogP contribution in [-0.4, -0.2) is 22.9 Å². The lowest BCUT2D eigenvalue weighted by atomic mass is 9.88. The third kappa shape index (κ3) is 2.64. The van der Waals surface area contributed by atoms with Crippen LogP contribution < -0.4 is 5.32 Å². The largest absolute Gasteiger partial charge is 0.316 e. The van der Waals surface area contributed by atoms with Gasteiger partial charge in [-0.25, -0.2) is 0 Å². The van der Waals surface area contributed by atoms with Crippen LogP contribution >= 0.6 is 0 Å². The van der Waals surface area contributed by atoms with Crippen LogP contribution in [0.25, 0.3) is 0 Å². The van der Waals surface area contributed by atoms with Crippen molar-refractivity contribution in [2.45, 2.75) is 40.2 Å². The van der Waals surface area contributed by atoms with Crippen molar-refractivity contribution in [1.82, 2.24) is 15.1 Å². The topological polar surface area (TPSA) is 29.9 Å². The van der Waals surface area contributed by atoms with E-state index in [-0.39, 0.29) is 0 Å². The number of piperidine rings is 1. The summed E-state index contributed by atoms with van der Waals surface area (Å²) in [6, 6.07) is 2.24. The first-order valence-corrected chi connectivity index (χ1v) is 6.43. The minimum absolute atomic E-state index is 0.783. The van der Waals surface area contributed by atoms with Crippen molar-refractivity contribution in [3.8, 4) is 0 Å². The van der Waals surface area contributed by atoms with Gasteiger partial charge in [0.05, 0.1) is 5.69 Å². The van der Waals surface area contributed by atoms with E-state index in [4.69, 9.17) is 0 Å². The number of nitrogens with one attached hydrogen (secondary N) is 1. The van der Waals surface area contributed by atoms with Gasteiger partial charge in [0.1, 0.15) is 0 Å². The van der Waals surface area contributed by atoms with Gasteiger partial charge < -0.3 is 5.32 Å². The van der Waals surface area contributed by atoms with E-state index >= 15 is 0 Å². The predicted molar refractivity (Wildman–Crippen MR) is 66.5 cm³/mol. The Morgan fingerprint density at radius 3 is 3.00 bits per heavy atom. The molecule has 2 heterocycles. The smallest absolute Gasteiger partial charge is 0.0596 e. The lowest BCUT2D eigenvalue weighted by molar-refractivity contribution is 0.297. The molecule has 2 unspecified atom stereocenters. The maximum Gasteiger partial charge on any atom is 0.0596 e. The van der Waals surface area contributed by atoms with Crippen molar-refractivity contribution in [2.75, 3.05) is 13.1 Å². The van der Waals surface area contributed by atoms with Gasteiger partial charge in [-0.15, -0.1) is 0 Å². The van der Waals surface area contributed by atoms with Gasteiger partial charge in [-0.3, -0.25) is 4.68 Å². The summed E-state index contributed by atoms with van der Waals surface area (Å²) in [5.74, 6) is 1.60. The molecule has 0 amide bonds. The second-order valence-electron chi connectivity index (χ2n) is 5.16. The summed E-state index contributed by atoms with van der Waals surface area (Å²) in [4.78, 5) is 0. The first kappa shape index (κ1) is 11.6. The molecule has 0 spiro atoms. The molecule has 0 aliphatic carbocycles. The molecule has 1 fully saturated rings. The normalized spacial score (nSPS) is 25.9. The Balaban J connectivity index is 2.02. The predicted octanol–water partition coefficient (Wildman–Crippen LogP) is 2.00. The molecule has 0 aromatic carbocycles. The second kappa shape index (κ2) is 5.00. The van der Waals surface area contributed by atoms with Gasteiger partial charge in [0, 0.05) is 12.2 Å². The van der Waals surface area contributed by atoms with Crippen LogP contribution in [0.2, 0.25) is 0 Å². The minimum atomic E-state index is 0.783. The molecule has 0 bridgehead atoms. The summed E-state index contributed by atoms with van der Waals surface area (Å²) in [6.45, 7) is 9.91. The van der Waals surface area contributed by atoms with Gasteiger partial charge in [0.2, 0.25) is 0 Å². The molecule has 3 heteroatoms. The molecule has 1 saturated heterocycles. The molecule has 2 atom stereocenters. The van der Waals surface area contributed by atoms with Gasteiger partial charge in [0.15, 0.2) is 0 Å². The van der Waals surface area contributed by atoms with E-state index < -0.39 is 0 Å². The highest BCUT2D eigenvalue weighted by Gasteiger charge is 2.20. The molecule has 1 N–H and O–H groups in total. The number of nitrogens with zero attached hydrogens (tertiary/aromatic N) is 2. The zero-order valence-corrected chi connectivity index (χ0v) is 10.7. The summed E-state index contributed by atoms with van der Waals surface area (Å²) >= 11 is 0. The van der Waals surface area contributed by atoms with E-state index in [1.165, 1.54) is 25.1 Å². The lowest BCUT2D eigenvalue weighted by Gasteiger charge is -2.27. The highest BCUT2D eigenvalue weighted by atomic mass is 15.3. The first-order valence-electron chi connectivity index (χ1n) is 6.43. The van der Waals surface area contributed by atoms with Gasteiger partial charge in [-0.2, -0.15) is 5.10 Å². The number of aryl methyl sites for hydroxylation is 2. The van der Waals surface area contributed by atoms with Crippen LogP contribution in [0.5, 0.6) is 0 Å². The van der Waals surface area contributed by atoms with E-state index in [1.807, 2.05) is 0 Å². The molecule has 0 radical (unpaired) electrons. The van der Waals surface area contributed by atoms with Gasteiger partial charge in [-0.1, -0.05) is 6.92 Å². The third-order valence-corrected chi connectivity index (χ3v) is 3.44. The Morgan fingerprint density at radius 2 is 2.31 bits per heavy atom. The van der Waals surface area contributed by atoms with Crippen molar-refractivity contribution in [2.24, 2.45) is 11.8 Å². The molecule has 1 aliphatic rings. The Morgan fingerprint density at radius 1 is 1.50 bits per heavy atom. The lowest BCUT2D eigenvalue weighted by Crippen LogP contribution is -2.36.